The largest absolute Gasteiger partial charge is 0.461 e. The number of benzene rings is 1. The van der Waals surface area contributed by atoms with Crippen LogP contribution in [0.15, 0.2) is 22.6 Å². The fourth-order valence-electron chi connectivity index (χ4n) is 1.83. The maximum Gasteiger partial charge on any atom is 0.362 e. The van der Waals surface area contributed by atoms with Crippen LogP contribution in [0.5, 0.6) is 11.5 Å². The van der Waals surface area contributed by atoms with E-state index in [2.05, 4.69) is 4.98 Å². The first-order valence-corrected chi connectivity index (χ1v) is 6.02. The molecule has 104 valence electrons. The SMILES string of the molecule is CCOC(=O)c1nc(-c2ccc3c(c2)OCO3)oc1N. The highest BCUT2D eigenvalue weighted by Gasteiger charge is 2.21. The lowest BCUT2D eigenvalue weighted by atomic mass is 10.2. The molecule has 0 radical (unpaired) electrons. The number of hydrogen-bond acceptors (Lipinski definition) is 7. The number of nitrogens with two attached hydrogens (primary N) is 1. The predicted octanol–water partition coefficient (Wildman–Crippen LogP) is 1.83. The van der Waals surface area contributed by atoms with E-state index >= 15 is 0 Å². The first kappa shape index (κ1) is 12.3. The Balaban J connectivity index is 1.95. The maximum atomic E-state index is 11.6. The Hall–Kier alpha value is -2.70. The summed E-state index contributed by atoms with van der Waals surface area (Å²) in [5.41, 5.74) is 6.24. The van der Waals surface area contributed by atoms with Gasteiger partial charge in [-0.15, -0.1) is 0 Å². The summed E-state index contributed by atoms with van der Waals surface area (Å²) in [5.74, 6) is 0.788. The molecule has 0 aliphatic carbocycles. The van der Waals surface area contributed by atoms with Gasteiger partial charge < -0.3 is 24.4 Å². The molecule has 0 bridgehead atoms. The number of esters is 1. The average molecular weight is 276 g/mol. The Labute approximate surface area is 114 Å². The Kier molecular flexibility index (Phi) is 2.94. The van der Waals surface area contributed by atoms with Crippen molar-refractivity contribution in [2.75, 3.05) is 19.1 Å². The number of anilines is 1. The van der Waals surface area contributed by atoms with Gasteiger partial charge in [0.25, 0.3) is 0 Å². The number of aromatic nitrogens is 1. The van der Waals surface area contributed by atoms with Crippen molar-refractivity contribution in [2.45, 2.75) is 6.92 Å². The van der Waals surface area contributed by atoms with Crippen molar-refractivity contribution >= 4 is 11.9 Å². The van der Waals surface area contributed by atoms with E-state index in [9.17, 15) is 4.79 Å². The van der Waals surface area contributed by atoms with Crippen LogP contribution in [0.4, 0.5) is 5.88 Å². The zero-order chi connectivity index (χ0) is 14.1. The minimum Gasteiger partial charge on any atom is -0.461 e. The van der Waals surface area contributed by atoms with E-state index in [-0.39, 0.29) is 30.9 Å². The molecule has 20 heavy (non-hydrogen) atoms. The number of hydrogen-bond donors (Lipinski definition) is 1. The van der Waals surface area contributed by atoms with Gasteiger partial charge in [0.2, 0.25) is 24.3 Å². The lowest BCUT2D eigenvalue weighted by Crippen LogP contribution is -2.07. The summed E-state index contributed by atoms with van der Waals surface area (Å²) in [7, 11) is 0. The zero-order valence-electron chi connectivity index (χ0n) is 10.7. The van der Waals surface area contributed by atoms with Gasteiger partial charge in [0.15, 0.2) is 11.5 Å². The summed E-state index contributed by atoms with van der Waals surface area (Å²) in [6.45, 7) is 2.12. The second kappa shape index (κ2) is 4.76. The average Bonchev–Trinajstić information content (AvgIpc) is 3.04. The van der Waals surface area contributed by atoms with Gasteiger partial charge in [0, 0.05) is 5.56 Å². The number of nitrogens with zero attached hydrogens (tertiary/aromatic N) is 1. The second-order valence-electron chi connectivity index (χ2n) is 4.02. The first-order valence-electron chi connectivity index (χ1n) is 6.02. The van der Waals surface area contributed by atoms with Crippen molar-refractivity contribution in [2.24, 2.45) is 0 Å². The van der Waals surface area contributed by atoms with Crippen LogP contribution in [0.25, 0.3) is 11.5 Å². The Morgan fingerprint density at radius 2 is 2.20 bits per heavy atom. The lowest BCUT2D eigenvalue weighted by Gasteiger charge is -1.98. The monoisotopic (exact) mass is 276 g/mol. The number of fused-ring (bicyclic) bond motifs is 1. The van der Waals surface area contributed by atoms with Gasteiger partial charge in [0.1, 0.15) is 0 Å². The standard InChI is InChI=1S/C13H12N2O5/c1-2-17-13(16)10-11(14)20-12(15-10)7-3-4-8-9(5-7)19-6-18-8/h3-5H,2,6,14H2,1H3. The molecule has 2 heterocycles. The molecule has 0 atom stereocenters. The van der Waals surface area contributed by atoms with Crippen LogP contribution in [0, 0.1) is 0 Å². The van der Waals surface area contributed by atoms with Gasteiger partial charge in [-0.05, 0) is 25.1 Å². The highest BCUT2D eigenvalue weighted by atomic mass is 16.7. The van der Waals surface area contributed by atoms with Gasteiger partial charge in [-0.3, -0.25) is 0 Å². The quantitative estimate of drug-likeness (QED) is 0.854. The summed E-state index contributed by atoms with van der Waals surface area (Å²) in [4.78, 5) is 15.7. The van der Waals surface area contributed by atoms with Crippen LogP contribution in [0.1, 0.15) is 17.4 Å². The van der Waals surface area contributed by atoms with Crippen LogP contribution in [0.2, 0.25) is 0 Å². The smallest absolute Gasteiger partial charge is 0.362 e. The van der Waals surface area contributed by atoms with Crippen molar-refractivity contribution in [1.29, 1.82) is 0 Å². The number of ether oxygens (including phenoxy) is 3. The minimum absolute atomic E-state index is 0.0282. The molecule has 0 saturated carbocycles. The highest BCUT2D eigenvalue weighted by Crippen LogP contribution is 2.36. The molecule has 1 aromatic carbocycles. The molecule has 7 heteroatoms. The first-order chi connectivity index (χ1) is 9.69. The fourth-order valence-corrected chi connectivity index (χ4v) is 1.83. The Morgan fingerprint density at radius 1 is 1.40 bits per heavy atom. The Morgan fingerprint density at radius 3 is 3.00 bits per heavy atom. The van der Waals surface area contributed by atoms with Crippen molar-refractivity contribution in [3.05, 3.63) is 23.9 Å². The molecule has 7 nitrogen and oxygen atoms in total. The molecule has 3 rings (SSSR count). The maximum absolute atomic E-state index is 11.6. The summed E-state index contributed by atoms with van der Waals surface area (Å²) in [6.07, 6.45) is 0. The van der Waals surface area contributed by atoms with Gasteiger partial charge in [-0.2, -0.15) is 4.98 Å². The van der Waals surface area contributed by atoms with Crippen LogP contribution in [0.3, 0.4) is 0 Å². The molecule has 0 unspecified atom stereocenters. The molecule has 2 aromatic rings. The van der Waals surface area contributed by atoms with Crippen LogP contribution >= 0.6 is 0 Å². The molecule has 0 fully saturated rings. The van der Waals surface area contributed by atoms with Crippen LogP contribution in [-0.4, -0.2) is 24.4 Å². The molecule has 2 N–H and O–H groups in total. The number of oxazole rings is 1. The third kappa shape index (κ3) is 2.03. The zero-order valence-corrected chi connectivity index (χ0v) is 10.7. The molecule has 1 aliphatic heterocycles. The van der Waals surface area contributed by atoms with Crippen LogP contribution in [-0.2, 0) is 4.74 Å². The summed E-state index contributed by atoms with van der Waals surface area (Å²) >= 11 is 0. The minimum atomic E-state index is -0.610. The third-order valence-electron chi connectivity index (χ3n) is 2.74. The summed E-state index contributed by atoms with van der Waals surface area (Å²) in [6, 6.07) is 5.19. The van der Waals surface area contributed by atoms with E-state index in [0.29, 0.717) is 17.1 Å². The van der Waals surface area contributed by atoms with Gasteiger partial charge in [-0.25, -0.2) is 4.79 Å². The second-order valence-corrected chi connectivity index (χ2v) is 4.02. The molecule has 0 spiro atoms. The molecule has 0 amide bonds. The summed E-state index contributed by atoms with van der Waals surface area (Å²) < 4.78 is 20.6. The number of carbonyl (C=O) groups is 1. The normalized spacial score (nSPS) is 12.4. The van der Waals surface area contributed by atoms with Crippen molar-refractivity contribution in [1.82, 2.24) is 4.98 Å². The number of rotatable bonds is 3. The van der Waals surface area contributed by atoms with Gasteiger partial charge in [-0.1, -0.05) is 0 Å². The van der Waals surface area contributed by atoms with E-state index in [1.165, 1.54) is 0 Å². The van der Waals surface area contributed by atoms with Gasteiger partial charge >= 0.3 is 5.97 Å². The fraction of sp³-hybridized carbons (Fsp3) is 0.231. The molecule has 0 saturated heterocycles. The molecule has 1 aliphatic rings. The molecular formula is C13H12N2O5. The third-order valence-corrected chi connectivity index (χ3v) is 2.74. The summed E-state index contributed by atoms with van der Waals surface area (Å²) in [5, 5.41) is 0. The number of nitrogen functional groups attached to an aromatic ring is 1. The van der Waals surface area contributed by atoms with E-state index in [1.54, 1.807) is 25.1 Å². The number of carbonyl (C=O) groups excluding carboxylic acids is 1. The van der Waals surface area contributed by atoms with E-state index in [0.717, 1.165) is 0 Å². The topological polar surface area (TPSA) is 96.8 Å². The van der Waals surface area contributed by atoms with Crippen LogP contribution < -0.4 is 15.2 Å². The highest BCUT2D eigenvalue weighted by molar-refractivity contribution is 5.92. The van der Waals surface area contributed by atoms with E-state index < -0.39 is 5.97 Å². The van der Waals surface area contributed by atoms with Gasteiger partial charge in [0.05, 0.1) is 6.61 Å². The Bertz CT molecular complexity index is 665. The van der Waals surface area contributed by atoms with Crippen molar-refractivity contribution < 1.29 is 23.4 Å². The lowest BCUT2D eigenvalue weighted by molar-refractivity contribution is 0.0521. The predicted molar refractivity (Wildman–Crippen MR) is 68.4 cm³/mol. The molecule has 1 aromatic heterocycles. The molecular weight excluding hydrogens is 264 g/mol. The van der Waals surface area contributed by atoms with E-state index in [1.807, 2.05) is 0 Å². The van der Waals surface area contributed by atoms with Crippen molar-refractivity contribution in [3.63, 3.8) is 0 Å². The van der Waals surface area contributed by atoms with E-state index in [4.69, 9.17) is 24.4 Å². The van der Waals surface area contributed by atoms with Crippen molar-refractivity contribution in [3.8, 4) is 23.0 Å².